The Kier molecular flexibility index (Phi) is 2.84. The summed E-state index contributed by atoms with van der Waals surface area (Å²) in [4.78, 5) is 13.3. The summed E-state index contributed by atoms with van der Waals surface area (Å²) in [5, 5.41) is 0. The summed E-state index contributed by atoms with van der Waals surface area (Å²) in [7, 11) is 0. The van der Waals surface area contributed by atoms with Crippen molar-refractivity contribution in [3.63, 3.8) is 0 Å². The van der Waals surface area contributed by atoms with Gasteiger partial charge in [0.1, 0.15) is 18.0 Å². The van der Waals surface area contributed by atoms with Gasteiger partial charge in [0.15, 0.2) is 0 Å². The SMILES string of the molecule is NC1CCN(c2cc(N3CCC3)ncn2)CC1. The Morgan fingerprint density at radius 2 is 1.59 bits per heavy atom. The van der Waals surface area contributed by atoms with Crippen molar-refractivity contribution in [3.8, 4) is 0 Å². The Labute approximate surface area is 102 Å². The number of hydrogen-bond acceptors (Lipinski definition) is 5. The van der Waals surface area contributed by atoms with Gasteiger partial charge in [0.05, 0.1) is 0 Å². The molecule has 0 unspecified atom stereocenters. The molecule has 1 aromatic heterocycles. The van der Waals surface area contributed by atoms with Crippen molar-refractivity contribution in [2.45, 2.75) is 25.3 Å². The van der Waals surface area contributed by atoms with Gasteiger partial charge >= 0.3 is 0 Å². The van der Waals surface area contributed by atoms with E-state index in [9.17, 15) is 0 Å². The summed E-state index contributed by atoms with van der Waals surface area (Å²) >= 11 is 0. The Bertz CT molecular complexity index is 382. The summed E-state index contributed by atoms with van der Waals surface area (Å²) < 4.78 is 0. The molecular formula is C12H19N5. The van der Waals surface area contributed by atoms with Crippen molar-refractivity contribution in [3.05, 3.63) is 12.4 Å². The number of aromatic nitrogens is 2. The topological polar surface area (TPSA) is 58.3 Å². The van der Waals surface area contributed by atoms with Crippen LogP contribution in [-0.4, -0.2) is 42.2 Å². The van der Waals surface area contributed by atoms with Gasteiger partial charge in [0, 0.05) is 38.3 Å². The lowest BCUT2D eigenvalue weighted by molar-refractivity contribution is 0.498. The number of hydrogen-bond donors (Lipinski definition) is 1. The number of piperidine rings is 1. The molecule has 0 aromatic carbocycles. The van der Waals surface area contributed by atoms with E-state index in [1.165, 1.54) is 6.42 Å². The van der Waals surface area contributed by atoms with Crippen LogP contribution in [0.1, 0.15) is 19.3 Å². The molecule has 2 saturated heterocycles. The predicted molar refractivity (Wildman–Crippen MR) is 68.3 cm³/mol. The number of anilines is 2. The Hall–Kier alpha value is -1.36. The second kappa shape index (κ2) is 4.49. The average Bonchev–Trinajstić information content (AvgIpc) is 2.28. The first-order valence-corrected chi connectivity index (χ1v) is 6.40. The van der Waals surface area contributed by atoms with Crippen LogP contribution in [0.15, 0.2) is 12.4 Å². The molecule has 0 aliphatic carbocycles. The molecule has 3 rings (SSSR count). The predicted octanol–water partition coefficient (Wildman–Crippen LogP) is 0.614. The van der Waals surface area contributed by atoms with Crippen molar-refractivity contribution in [1.29, 1.82) is 0 Å². The second-order valence-electron chi connectivity index (χ2n) is 4.90. The van der Waals surface area contributed by atoms with Crippen LogP contribution in [0, 0.1) is 0 Å². The van der Waals surface area contributed by atoms with E-state index in [0.717, 1.165) is 50.7 Å². The number of rotatable bonds is 2. The molecule has 2 N–H and O–H groups in total. The molecule has 5 heteroatoms. The van der Waals surface area contributed by atoms with Crippen molar-refractivity contribution < 1.29 is 0 Å². The highest BCUT2D eigenvalue weighted by Crippen LogP contribution is 2.23. The minimum Gasteiger partial charge on any atom is -0.356 e. The molecule has 0 saturated carbocycles. The maximum atomic E-state index is 5.92. The van der Waals surface area contributed by atoms with Crippen LogP contribution in [0.2, 0.25) is 0 Å². The number of nitrogens with zero attached hydrogens (tertiary/aromatic N) is 4. The summed E-state index contributed by atoms with van der Waals surface area (Å²) in [5.41, 5.74) is 5.92. The average molecular weight is 233 g/mol. The van der Waals surface area contributed by atoms with Gasteiger partial charge in [-0.15, -0.1) is 0 Å². The fraction of sp³-hybridized carbons (Fsp3) is 0.667. The molecular weight excluding hydrogens is 214 g/mol. The van der Waals surface area contributed by atoms with Crippen LogP contribution >= 0.6 is 0 Å². The molecule has 0 bridgehead atoms. The standard InChI is InChI=1S/C12H19N5/c13-10-2-6-17(7-3-10)12-8-11(14-9-15-12)16-4-1-5-16/h8-10H,1-7,13H2. The molecule has 0 spiro atoms. The molecule has 0 atom stereocenters. The van der Waals surface area contributed by atoms with Gasteiger partial charge in [0.25, 0.3) is 0 Å². The van der Waals surface area contributed by atoms with Crippen LogP contribution in [0.25, 0.3) is 0 Å². The third-order valence-corrected chi connectivity index (χ3v) is 3.68. The maximum absolute atomic E-state index is 5.92. The summed E-state index contributed by atoms with van der Waals surface area (Å²) in [6.07, 6.45) is 5.07. The Balaban J connectivity index is 1.73. The van der Waals surface area contributed by atoms with Gasteiger partial charge in [-0.05, 0) is 19.3 Å². The Morgan fingerprint density at radius 1 is 1.00 bits per heavy atom. The zero-order chi connectivity index (χ0) is 11.7. The molecule has 0 radical (unpaired) electrons. The highest BCUT2D eigenvalue weighted by atomic mass is 15.3. The molecule has 2 aliphatic heterocycles. The molecule has 5 nitrogen and oxygen atoms in total. The van der Waals surface area contributed by atoms with Gasteiger partial charge in [-0.3, -0.25) is 0 Å². The third kappa shape index (κ3) is 2.20. The van der Waals surface area contributed by atoms with E-state index >= 15 is 0 Å². The highest BCUT2D eigenvalue weighted by molar-refractivity contribution is 5.51. The van der Waals surface area contributed by atoms with E-state index in [0.29, 0.717) is 6.04 Å². The molecule has 0 amide bonds. The zero-order valence-corrected chi connectivity index (χ0v) is 10.0. The molecule has 17 heavy (non-hydrogen) atoms. The quantitative estimate of drug-likeness (QED) is 0.811. The minimum atomic E-state index is 0.364. The smallest absolute Gasteiger partial charge is 0.134 e. The first-order chi connectivity index (χ1) is 8.33. The lowest BCUT2D eigenvalue weighted by atomic mass is 10.1. The summed E-state index contributed by atoms with van der Waals surface area (Å²) in [5.74, 6) is 2.12. The largest absolute Gasteiger partial charge is 0.356 e. The highest BCUT2D eigenvalue weighted by Gasteiger charge is 2.20. The van der Waals surface area contributed by atoms with E-state index in [1.54, 1.807) is 6.33 Å². The zero-order valence-electron chi connectivity index (χ0n) is 10.0. The van der Waals surface area contributed by atoms with Crippen LogP contribution in [-0.2, 0) is 0 Å². The van der Waals surface area contributed by atoms with E-state index in [2.05, 4.69) is 25.8 Å². The number of nitrogens with two attached hydrogens (primary N) is 1. The van der Waals surface area contributed by atoms with E-state index in [4.69, 9.17) is 5.73 Å². The van der Waals surface area contributed by atoms with Gasteiger partial charge in [-0.1, -0.05) is 0 Å². The fourth-order valence-electron chi connectivity index (χ4n) is 2.36. The summed E-state index contributed by atoms with van der Waals surface area (Å²) in [6, 6.07) is 2.47. The van der Waals surface area contributed by atoms with Gasteiger partial charge in [-0.25, -0.2) is 9.97 Å². The minimum absolute atomic E-state index is 0.364. The molecule has 1 aromatic rings. The van der Waals surface area contributed by atoms with Crippen molar-refractivity contribution >= 4 is 11.6 Å². The first kappa shape index (κ1) is 10.8. The monoisotopic (exact) mass is 233 g/mol. The Morgan fingerprint density at radius 3 is 2.12 bits per heavy atom. The van der Waals surface area contributed by atoms with Crippen molar-refractivity contribution in [2.24, 2.45) is 5.73 Å². The van der Waals surface area contributed by atoms with E-state index in [-0.39, 0.29) is 0 Å². The van der Waals surface area contributed by atoms with Crippen molar-refractivity contribution in [2.75, 3.05) is 36.0 Å². The normalized spacial score (nSPS) is 21.5. The maximum Gasteiger partial charge on any atom is 0.134 e. The van der Waals surface area contributed by atoms with E-state index < -0.39 is 0 Å². The van der Waals surface area contributed by atoms with Crippen LogP contribution in [0.5, 0.6) is 0 Å². The molecule has 92 valence electrons. The third-order valence-electron chi connectivity index (χ3n) is 3.68. The van der Waals surface area contributed by atoms with Crippen LogP contribution < -0.4 is 15.5 Å². The van der Waals surface area contributed by atoms with Crippen molar-refractivity contribution in [1.82, 2.24) is 9.97 Å². The van der Waals surface area contributed by atoms with Crippen LogP contribution in [0.3, 0.4) is 0 Å². The first-order valence-electron chi connectivity index (χ1n) is 6.40. The van der Waals surface area contributed by atoms with Crippen LogP contribution in [0.4, 0.5) is 11.6 Å². The molecule has 3 heterocycles. The molecule has 2 fully saturated rings. The fourth-order valence-corrected chi connectivity index (χ4v) is 2.36. The van der Waals surface area contributed by atoms with Gasteiger partial charge in [0.2, 0.25) is 0 Å². The summed E-state index contributed by atoms with van der Waals surface area (Å²) in [6.45, 7) is 4.28. The van der Waals surface area contributed by atoms with Gasteiger partial charge in [-0.2, -0.15) is 0 Å². The van der Waals surface area contributed by atoms with E-state index in [1.807, 2.05) is 0 Å². The lowest BCUT2D eigenvalue weighted by Gasteiger charge is -2.34. The lowest BCUT2D eigenvalue weighted by Crippen LogP contribution is -2.41. The second-order valence-corrected chi connectivity index (χ2v) is 4.90. The molecule has 2 aliphatic rings. The van der Waals surface area contributed by atoms with Gasteiger partial charge < -0.3 is 15.5 Å².